The molecule has 0 aliphatic rings. The van der Waals surface area contributed by atoms with E-state index in [9.17, 15) is 14.0 Å². The van der Waals surface area contributed by atoms with Gasteiger partial charge in [0.05, 0.1) is 17.1 Å². The van der Waals surface area contributed by atoms with Gasteiger partial charge in [0.1, 0.15) is 11.4 Å². The molecule has 1 heterocycles. The maximum atomic E-state index is 13.3. The summed E-state index contributed by atoms with van der Waals surface area (Å²) in [6.45, 7) is 0. The maximum Gasteiger partial charge on any atom is 0.231 e. The Bertz CT molecular complexity index is 1310. The number of carbonyl (C=O) groups is 2. The SMILES string of the molecule is NC(=O)Cc1cccc(-c2ccc3c(N)c(C(=O)c4ccc(F)cc4Cl)oc3c2)c1. The Morgan fingerprint density at radius 1 is 1.00 bits per heavy atom. The molecule has 3 aromatic carbocycles. The highest BCUT2D eigenvalue weighted by molar-refractivity contribution is 6.35. The van der Waals surface area contributed by atoms with Gasteiger partial charge in [-0.05, 0) is 47.0 Å². The van der Waals surface area contributed by atoms with Crippen molar-refractivity contribution in [2.45, 2.75) is 6.42 Å². The molecule has 1 aromatic heterocycles. The van der Waals surface area contributed by atoms with Crippen LogP contribution in [0.4, 0.5) is 10.1 Å². The normalized spacial score (nSPS) is 11.0. The third kappa shape index (κ3) is 3.65. The zero-order valence-corrected chi connectivity index (χ0v) is 16.4. The van der Waals surface area contributed by atoms with Crippen LogP contribution in [0.2, 0.25) is 5.02 Å². The number of rotatable bonds is 5. The van der Waals surface area contributed by atoms with E-state index < -0.39 is 17.5 Å². The predicted molar refractivity (Wildman–Crippen MR) is 114 cm³/mol. The van der Waals surface area contributed by atoms with Crippen LogP contribution in [0.25, 0.3) is 22.1 Å². The predicted octanol–water partition coefficient (Wildman–Crippen LogP) is 4.73. The summed E-state index contributed by atoms with van der Waals surface area (Å²) in [4.78, 5) is 24.0. The van der Waals surface area contributed by atoms with Crippen molar-refractivity contribution in [3.63, 3.8) is 0 Å². The van der Waals surface area contributed by atoms with Crippen molar-refractivity contribution in [2.24, 2.45) is 5.73 Å². The van der Waals surface area contributed by atoms with Crippen LogP contribution in [-0.2, 0) is 11.2 Å². The Kier molecular flexibility index (Phi) is 5.01. The molecule has 0 radical (unpaired) electrons. The number of hydrogen-bond acceptors (Lipinski definition) is 4. The van der Waals surface area contributed by atoms with Gasteiger partial charge in [0.15, 0.2) is 5.76 Å². The lowest BCUT2D eigenvalue weighted by Crippen LogP contribution is -2.13. The van der Waals surface area contributed by atoms with Crippen molar-refractivity contribution in [3.05, 3.63) is 88.4 Å². The zero-order chi connectivity index (χ0) is 21.4. The molecule has 0 aliphatic heterocycles. The summed E-state index contributed by atoms with van der Waals surface area (Å²) in [6.07, 6.45) is 0.140. The average molecular weight is 423 g/mol. The van der Waals surface area contributed by atoms with E-state index in [1.54, 1.807) is 12.1 Å². The molecule has 4 rings (SSSR count). The number of fused-ring (bicyclic) bond motifs is 1. The van der Waals surface area contributed by atoms with Gasteiger partial charge in [-0.25, -0.2) is 4.39 Å². The largest absolute Gasteiger partial charge is 0.450 e. The number of ketones is 1. The Hall–Kier alpha value is -3.64. The fourth-order valence-electron chi connectivity index (χ4n) is 3.32. The highest BCUT2D eigenvalue weighted by Crippen LogP contribution is 2.34. The molecule has 0 saturated carbocycles. The molecule has 0 saturated heterocycles. The molecule has 7 heteroatoms. The molecule has 0 bridgehead atoms. The second-order valence-electron chi connectivity index (χ2n) is 6.85. The van der Waals surface area contributed by atoms with Gasteiger partial charge in [-0.1, -0.05) is 41.9 Å². The summed E-state index contributed by atoms with van der Waals surface area (Å²) in [5.41, 5.74) is 14.6. The Morgan fingerprint density at radius 2 is 1.77 bits per heavy atom. The molecule has 0 spiro atoms. The lowest BCUT2D eigenvalue weighted by molar-refractivity contribution is -0.117. The fourth-order valence-corrected chi connectivity index (χ4v) is 3.58. The maximum absolute atomic E-state index is 13.3. The molecule has 0 unspecified atom stereocenters. The van der Waals surface area contributed by atoms with E-state index in [4.69, 9.17) is 27.5 Å². The lowest BCUT2D eigenvalue weighted by Gasteiger charge is -2.04. The molecule has 0 aliphatic carbocycles. The summed E-state index contributed by atoms with van der Waals surface area (Å²) in [6, 6.07) is 16.3. The molecular formula is C23H16ClFN2O3. The van der Waals surface area contributed by atoms with Gasteiger partial charge in [0.25, 0.3) is 0 Å². The minimum Gasteiger partial charge on any atom is -0.450 e. The molecule has 4 N–H and O–H groups in total. The van der Waals surface area contributed by atoms with Gasteiger partial charge in [-0.2, -0.15) is 0 Å². The van der Waals surface area contributed by atoms with Crippen molar-refractivity contribution < 1.29 is 18.4 Å². The van der Waals surface area contributed by atoms with Crippen LogP contribution in [0.1, 0.15) is 21.7 Å². The first-order chi connectivity index (χ1) is 14.3. The second kappa shape index (κ2) is 7.65. The summed E-state index contributed by atoms with van der Waals surface area (Å²) < 4.78 is 19.1. The fraction of sp³-hybridized carbons (Fsp3) is 0.0435. The Labute approximate surface area is 176 Å². The highest BCUT2D eigenvalue weighted by Gasteiger charge is 2.22. The van der Waals surface area contributed by atoms with Gasteiger partial charge in [-0.15, -0.1) is 0 Å². The van der Waals surface area contributed by atoms with E-state index in [0.717, 1.165) is 28.8 Å². The number of halogens is 2. The van der Waals surface area contributed by atoms with Crippen LogP contribution in [-0.4, -0.2) is 11.7 Å². The number of hydrogen-bond donors (Lipinski definition) is 2. The monoisotopic (exact) mass is 422 g/mol. The first-order valence-corrected chi connectivity index (χ1v) is 9.40. The molecular weight excluding hydrogens is 407 g/mol. The molecule has 150 valence electrons. The number of anilines is 1. The van der Waals surface area contributed by atoms with Gasteiger partial charge in [-0.3, -0.25) is 9.59 Å². The average Bonchev–Trinajstić information content (AvgIpc) is 3.03. The highest BCUT2D eigenvalue weighted by atomic mass is 35.5. The summed E-state index contributed by atoms with van der Waals surface area (Å²) in [7, 11) is 0. The van der Waals surface area contributed by atoms with Crippen molar-refractivity contribution in [1.82, 2.24) is 0 Å². The van der Waals surface area contributed by atoms with Crippen LogP contribution in [0.3, 0.4) is 0 Å². The first kappa shape index (κ1) is 19.7. The number of furan rings is 1. The number of nitrogen functional groups attached to an aromatic ring is 1. The lowest BCUT2D eigenvalue weighted by atomic mass is 10.0. The van der Waals surface area contributed by atoms with Crippen LogP contribution < -0.4 is 11.5 Å². The van der Waals surface area contributed by atoms with Crippen LogP contribution in [0.5, 0.6) is 0 Å². The number of benzene rings is 3. The smallest absolute Gasteiger partial charge is 0.231 e. The standard InChI is InChI=1S/C23H16ClFN2O3/c24-18-11-15(25)5-7-16(18)22(29)23-21(27)17-6-4-14(10-19(17)30-23)13-3-1-2-12(8-13)9-20(26)28/h1-8,10-11H,9,27H2,(H2,26,28). The Balaban J connectivity index is 1.75. The van der Waals surface area contributed by atoms with Gasteiger partial charge < -0.3 is 15.9 Å². The van der Waals surface area contributed by atoms with Crippen molar-refractivity contribution in [1.29, 1.82) is 0 Å². The topological polar surface area (TPSA) is 99.3 Å². The quantitative estimate of drug-likeness (QED) is 0.454. The van der Waals surface area contributed by atoms with Crippen molar-refractivity contribution >= 4 is 39.9 Å². The molecule has 1 amide bonds. The van der Waals surface area contributed by atoms with E-state index in [-0.39, 0.29) is 28.5 Å². The first-order valence-electron chi connectivity index (χ1n) is 9.03. The molecule has 0 atom stereocenters. The van der Waals surface area contributed by atoms with Crippen LogP contribution in [0.15, 0.2) is 65.1 Å². The number of primary amides is 1. The molecule has 0 fully saturated rings. The third-order valence-corrected chi connectivity index (χ3v) is 5.06. The number of carbonyl (C=O) groups excluding carboxylic acids is 2. The van der Waals surface area contributed by atoms with E-state index in [1.807, 2.05) is 30.3 Å². The third-order valence-electron chi connectivity index (χ3n) is 4.75. The van der Waals surface area contributed by atoms with E-state index in [0.29, 0.717) is 11.0 Å². The van der Waals surface area contributed by atoms with Gasteiger partial charge in [0, 0.05) is 10.9 Å². The van der Waals surface area contributed by atoms with Crippen molar-refractivity contribution in [2.75, 3.05) is 5.73 Å². The number of amides is 1. The zero-order valence-electron chi connectivity index (χ0n) is 15.6. The minimum atomic E-state index is -0.544. The van der Waals surface area contributed by atoms with E-state index in [2.05, 4.69) is 0 Å². The van der Waals surface area contributed by atoms with Crippen LogP contribution >= 0.6 is 11.6 Å². The minimum absolute atomic E-state index is 0.0215. The summed E-state index contributed by atoms with van der Waals surface area (Å²) >= 11 is 6.01. The number of nitrogens with two attached hydrogens (primary N) is 2. The van der Waals surface area contributed by atoms with Gasteiger partial charge >= 0.3 is 0 Å². The van der Waals surface area contributed by atoms with E-state index in [1.165, 1.54) is 6.07 Å². The van der Waals surface area contributed by atoms with Crippen molar-refractivity contribution in [3.8, 4) is 11.1 Å². The molecule has 30 heavy (non-hydrogen) atoms. The summed E-state index contributed by atoms with van der Waals surface area (Å²) in [5, 5.41) is 0.556. The molecule has 5 nitrogen and oxygen atoms in total. The molecule has 4 aromatic rings. The Morgan fingerprint density at radius 3 is 2.50 bits per heavy atom. The van der Waals surface area contributed by atoms with E-state index >= 15 is 0 Å². The second-order valence-corrected chi connectivity index (χ2v) is 7.26. The van der Waals surface area contributed by atoms with Gasteiger partial charge in [0.2, 0.25) is 11.7 Å². The van der Waals surface area contributed by atoms with Crippen LogP contribution in [0, 0.1) is 5.82 Å². The summed E-state index contributed by atoms with van der Waals surface area (Å²) in [5.74, 6) is -1.54.